The molecule has 25 heavy (non-hydrogen) atoms. The first-order chi connectivity index (χ1) is 12.3. The SMILES string of the molecule is O=C(Nc1ccc(N2CCOCC2)cn1)c1cccc2cccnc12. The molecule has 0 aliphatic carbocycles. The van der Waals surface area contributed by atoms with E-state index in [-0.39, 0.29) is 5.91 Å². The lowest BCUT2D eigenvalue weighted by molar-refractivity contribution is 0.102. The van der Waals surface area contributed by atoms with Gasteiger partial charge >= 0.3 is 0 Å². The molecule has 1 aliphatic rings. The van der Waals surface area contributed by atoms with E-state index in [9.17, 15) is 4.79 Å². The van der Waals surface area contributed by atoms with E-state index in [1.807, 2.05) is 36.4 Å². The minimum absolute atomic E-state index is 0.212. The predicted molar refractivity (Wildman–Crippen MR) is 97.0 cm³/mol. The van der Waals surface area contributed by atoms with Gasteiger partial charge in [0.05, 0.1) is 36.2 Å². The number of hydrogen-bond acceptors (Lipinski definition) is 5. The molecule has 3 aromatic rings. The van der Waals surface area contributed by atoms with Crippen molar-refractivity contribution in [3.8, 4) is 0 Å². The maximum Gasteiger partial charge on any atom is 0.259 e. The molecule has 1 aliphatic heterocycles. The van der Waals surface area contributed by atoms with Crippen LogP contribution in [0.4, 0.5) is 11.5 Å². The zero-order chi connectivity index (χ0) is 17.1. The Labute approximate surface area is 145 Å². The van der Waals surface area contributed by atoms with Crippen LogP contribution >= 0.6 is 0 Å². The molecule has 126 valence electrons. The van der Waals surface area contributed by atoms with Gasteiger partial charge in [-0.2, -0.15) is 0 Å². The molecule has 0 unspecified atom stereocenters. The van der Waals surface area contributed by atoms with E-state index >= 15 is 0 Å². The number of hydrogen-bond donors (Lipinski definition) is 1. The highest BCUT2D eigenvalue weighted by atomic mass is 16.5. The minimum Gasteiger partial charge on any atom is -0.378 e. The number of nitrogens with one attached hydrogen (secondary N) is 1. The number of aromatic nitrogens is 2. The van der Waals surface area contributed by atoms with Crippen molar-refractivity contribution < 1.29 is 9.53 Å². The van der Waals surface area contributed by atoms with Crippen molar-refractivity contribution in [3.05, 3.63) is 60.4 Å². The Kier molecular flexibility index (Phi) is 4.26. The molecule has 0 radical (unpaired) electrons. The van der Waals surface area contributed by atoms with Crippen LogP contribution in [0.1, 0.15) is 10.4 Å². The molecule has 3 heterocycles. The number of ether oxygens (including phenoxy) is 1. The van der Waals surface area contributed by atoms with Gasteiger partial charge < -0.3 is 15.0 Å². The van der Waals surface area contributed by atoms with E-state index in [2.05, 4.69) is 20.2 Å². The summed E-state index contributed by atoms with van der Waals surface area (Å²) in [7, 11) is 0. The number of nitrogens with zero attached hydrogens (tertiary/aromatic N) is 3. The van der Waals surface area contributed by atoms with Crippen LogP contribution in [-0.2, 0) is 4.74 Å². The standard InChI is InChI=1S/C19H18N4O2/c24-19(16-5-1-3-14-4-2-8-20-18(14)16)22-17-7-6-15(13-21-17)23-9-11-25-12-10-23/h1-8,13H,9-12H2,(H,21,22,24). The van der Waals surface area contributed by atoms with E-state index in [1.54, 1.807) is 18.5 Å². The maximum atomic E-state index is 12.6. The van der Waals surface area contributed by atoms with E-state index in [0.717, 1.165) is 37.4 Å². The van der Waals surface area contributed by atoms with Gasteiger partial charge in [-0.05, 0) is 24.3 Å². The molecule has 1 aromatic carbocycles. The van der Waals surface area contributed by atoms with Crippen molar-refractivity contribution >= 4 is 28.3 Å². The number of carbonyl (C=O) groups excluding carboxylic acids is 1. The van der Waals surface area contributed by atoms with Crippen LogP contribution in [0, 0.1) is 0 Å². The van der Waals surface area contributed by atoms with Crippen molar-refractivity contribution in [2.24, 2.45) is 0 Å². The molecule has 0 saturated carbocycles. The summed E-state index contributed by atoms with van der Waals surface area (Å²) < 4.78 is 5.36. The lowest BCUT2D eigenvalue weighted by Gasteiger charge is -2.28. The molecule has 6 heteroatoms. The van der Waals surface area contributed by atoms with Gasteiger partial charge in [-0.1, -0.05) is 18.2 Å². The average Bonchev–Trinajstić information content (AvgIpc) is 2.69. The number of fused-ring (bicyclic) bond motifs is 1. The fraction of sp³-hybridized carbons (Fsp3) is 0.211. The normalized spacial score (nSPS) is 14.5. The predicted octanol–water partition coefficient (Wildman–Crippen LogP) is 2.72. The third-order valence-electron chi connectivity index (χ3n) is 4.24. The van der Waals surface area contributed by atoms with Crippen LogP contribution < -0.4 is 10.2 Å². The zero-order valence-electron chi connectivity index (χ0n) is 13.7. The van der Waals surface area contributed by atoms with Gasteiger partial charge in [-0.3, -0.25) is 9.78 Å². The molecular weight excluding hydrogens is 316 g/mol. The van der Waals surface area contributed by atoms with Crippen molar-refractivity contribution in [3.63, 3.8) is 0 Å². The monoisotopic (exact) mass is 334 g/mol. The zero-order valence-corrected chi connectivity index (χ0v) is 13.7. The van der Waals surface area contributed by atoms with Crippen LogP contribution in [0.5, 0.6) is 0 Å². The van der Waals surface area contributed by atoms with Gasteiger partial charge in [0.1, 0.15) is 5.82 Å². The maximum absolute atomic E-state index is 12.6. The largest absolute Gasteiger partial charge is 0.378 e. The van der Waals surface area contributed by atoms with E-state index in [1.165, 1.54) is 0 Å². The van der Waals surface area contributed by atoms with Crippen LogP contribution in [0.2, 0.25) is 0 Å². The number of amides is 1. The Balaban J connectivity index is 1.52. The Bertz CT molecular complexity index is 884. The Hall–Kier alpha value is -2.99. The van der Waals surface area contributed by atoms with E-state index in [4.69, 9.17) is 4.74 Å². The van der Waals surface area contributed by atoms with Crippen molar-refractivity contribution in [2.45, 2.75) is 0 Å². The number of morpholine rings is 1. The summed E-state index contributed by atoms with van der Waals surface area (Å²) in [6.45, 7) is 3.17. The molecule has 0 bridgehead atoms. The molecule has 0 spiro atoms. The number of rotatable bonds is 3. The summed E-state index contributed by atoms with van der Waals surface area (Å²) >= 11 is 0. The quantitative estimate of drug-likeness (QED) is 0.798. The van der Waals surface area contributed by atoms with E-state index < -0.39 is 0 Å². The second kappa shape index (κ2) is 6.86. The van der Waals surface area contributed by atoms with E-state index in [0.29, 0.717) is 16.9 Å². The van der Waals surface area contributed by atoms with Crippen LogP contribution in [-0.4, -0.2) is 42.2 Å². The van der Waals surface area contributed by atoms with Gasteiger partial charge in [0.15, 0.2) is 0 Å². The molecular formula is C19H18N4O2. The van der Waals surface area contributed by atoms with Crippen LogP contribution in [0.3, 0.4) is 0 Å². The van der Waals surface area contributed by atoms with Crippen molar-refractivity contribution in [1.82, 2.24) is 9.97 Å². The fourth-order valence-electron chi connectivity index (χ4n) is 2.94. The highest BCUT2D eigenvalue weighted by Crippen LogP contribution is 2.19. The first-order valence-corrected chi connectivity index (χ1v) is 8.25. The Morgan fingerprint density at radius 1 is 1.04 bits per heavy atom. The van der Waals surface area contributed by atoms with Crippen LogP contribution in [0.25, 0.3) is 10.9 Å². The van der Waals surface area contributed by atoms with Gasteiger partial charge in [0.2, 0.25) is 0 Å². The topological polar surface area (TPSA) is 67.4 Å². The third kappa shape index (κ3) is 3.29. The summed E-state index contributed by atoms with van der Waals surface area (Å²) in [5, 5.41) is 3.78. The highest BCUT2D eigenvalue weighted by molar-refractivity contribution is 6.11. The molecule has 1 N–H and O–H groups in total. The molecule has 2 aromatic heterocycles. The van der Waals surface area contributed by atoms with Gasteiger partial charge in [0.25, 0.3) is 5.91 Å². The number of carbonyl (C=O) groups is 1. The summed E-state index contributed by atoms with van der Waals surface area (Å²) in [6.07, 6.45) is 3.47. The summed E-state index contributed by atoms with van der Waals surface area (Å²) in [5.74, 6) is 0.311. The number of benzene rings is 1. The molecule has 4 rings (SSSR count). The fourth-order valence-corrected chi connectivity index (χ4v) is 2.94. The summed E-state index contributed by atoms with van der Waals surface area (Å²) in [6, 6.07) is 13.1. The second-order valence-electron chi connectivity index (χ2n) is 5.84. The molecule has 1 amide bonds. The molecule has 1 fully saturated rings. The van der Waals surface area contributed by atoms with Crippen LogP contribution in [0.15, 0.2) is 54.9 Å². The third-order valence-corrected chi connectivity index (χ3v) is 4.24. The Morgan fingerprint density at radius 3 is 2.68 bits per heavy atom. The molecule has 1 saturated heterocycles. The Morgan fingerprint density at radius 2 is 1.88 bits per heavy atom. The number of pyridine rings is 2. The van der Waals surface area contributed by atoms with Gasteiger partial charge in [0, 0.05) is 24.7 Å². The molecule has 0 atom stereocenters. The highest BCUT2D eigenvalue weighted by Gasteiger charge is 2.14. The number of anilines is 2. The lowest BCUT2D eigenvalue weighted by Crippen LogP contribution is -2.36. The van der Waals surface area contributed by atoms with Crippen molar-refractivity contribution in [2.75, 3.05) is 36.5 Å². The first kappa shape index (κ1) is 15.5. The smallest absolute Gasteiger partial charge is 0.259 e. The molecule has 6 nitrogen and oxygen atoms in total. The first-order valence-electron chi connectivity index (χ1n) is 8.25. The summed E-state index contributed by atoms with van der Waals surface area (Å²) in [4.78, 5) is 23.5. The lowest BCUT2D eigenvalue weighted by atomic mass is 10.1. The van der Waals surface area contributed by atoms with Gasteiger partial charge in [-0.25, -0.2) is 4.98 Å². The average molecular weight is 334 g/mol. The second-order valence-corrected chi connectivity index (χ2v) is 5.84. The number of para-hydroxylation sites is 1. The minimum atomic E-state index is -0.212. The summed E-state index contributed by atoms with van der Waals surface area (Å²) in [5.41, 5.74) is 2.26. The van der Waals surface area contributed by atoms with Crippen molar-refractivity contribution in [1.29, 1.82) is 0 Å². The van der Waals surface area contributed by atoms with Gasteiger partial charge in [-0.15, -0.1) is 0 Å².